The molecule has 2 rings (SSSR count). The largest absolute Gasteiger partial charge is 0.481 e. The summed E-state index contributed by atoms with van der Waals surface area (Å²) in [7, 11) is 0. The predicted molar refractivity (Wildman–Crippen MR) is 53.4 cm³/mol. The molecule has 0 aromatic rings. The SMILES string of the molecule is C=CC(=O)OC1C(O)C2CC(C(=O)O)C1C2. The molecule has 0 saturated heterocycles. The fourth-order valence-corrected chi connectivity index (χ4v) is 2.90. The molecule has 0 aliphatic heterocycles. The van der Waals surface area contributed by atoms with Crippen molar-refractivity contribution in [2.24, 2.45) is 17.8 Å². The van der Waals surface area contributed by atoms with Gasteiger partial charge in [0, 0.05) is 12.0 Å². The first-order valence-corrected chi connectivity index (χ1v) is 5.28. The van der Waals surface area contributed by atoms with Crippen molar-refractivity contribution in [3.63, 3.8) is 0 Å². The van der Waals surface area contributed by atoms with Crippen molar-refractivity contribution in [3.8, 4) is 0 Å². The minimum atomic E-state index is -0.876. The maximum absolute atomic E-state index is 11.1. The Balaban J connectivity index is 2.11. The number of carbonyl (C=O) groups is 2. The van der Waals surface area contributed by atoms with E-state index >= 15 is 0 Å². The van der Waals surface area contributed by atoms with Crippen LogP contribution in [0, 0.1) is 17.8 Å². The van der Waals surface area contributed by atoms with Crippen LogP contribution in [-0.4, -0.2) is 34.4 Å². The summed E-state index contributed by atoms with van der Waals surface area (Å²) < 4.78 is 5.02. The van der Waals surface area contributed by atoms with E-state index in [0.29, 0.717) is 12.8 Å². The Hall–Kier alpha value is -1.36. The highest BCUT2D eigenvalue weighted by atomic mass is 16.6. The topological polar surface area (TPSA) is 83.8 Å². The van der Waals surface area contributed by atoms with Crippen molar-refractivity contribution < 1.29 is 24.5 Å². The molecule has 2 aliphatic rings. The zero-order valence-electron chi connectivity index (χ0n) is 8.70. The average Bonchev–Trinajstić information content (AvgIpc) is 2.78. The van der Waals surface area contributed by atoms with E-state index in [0.717, 1.165) is 6.08 Å². The van der Waals surface area contributed by atoms with Gasteiger partial charge in [-0.1, -0.05) is 6.58 Å². The number of carboxylic acids is 1. The van der Waals surface area contributed by atoms with Crippen molar-refractivity contribution in [3.05, 3.63) is 12.7 Å². The fourth-order valence-electron chi connectivity index (χ4n) is 2.90. The normalized spacial score (nSPS) is 40.7. The number of carbonyl (C=O) groups excluding carboxylic acids is 1. The number of ether oxygens (including phenoxy) is 1. The number of aliphatic carboxylic acids is 1. The molecular weight excluding hydrogens is 212 g/mol. The molecule has 0 aromatic heterocycles. The molecule has 0 spiro atoms. The Bertz CT molecular complexity index is 337. The Morgan fingerprint density at radius 3 is 2.56 bits per heavy atom. The molecule has 2 N–H and O–H groups in total. The van der Waals surface area contributed by atoms with Crippen molar-refractivity contribution >= 4 is 11.9 Å². The Kier molecular flexibility index (Phi) is 2.71. The number of carboxylic acid groups (broad SMARTS) is 1. The van der Waals surface area contributed by atoms with Crippen LogP contribution in [0.3, 0.4) is 0 Å². The lowest BCUT2D eigenvalue weighted by Crippen LogP contribution is -2.42. The molecule has 88 valence electrons. The number of fused-ring (bicyclic) bond motifs is 2. The van der Waals surface area contributed by atoms with Crippen LogP contribution in [-0.2, 0) is 14.3 Å². The minimum absolute atomic E-state index is 0.0614. The fraction of sp³-hybridized carbons (Fsp3) is 0.636. The summed E-state index contributed by atoms with van der Waals surface area (Å²) in [6.07, 6.45) is 0.695. The van der Waals surface area contributed by atoms with E-state index in [-0.39, 0.29) is 11.8 Å². The van der Waals surface area contributed by atoms with Crippen molar-refractivity contribution in [2.45, 2.75) is 25.0 Å². The van der Waals surface area contributed by atoms with Crippen LogP contribution in [0.4, 0.5) is 0 Å². The number of aliphatic hydroxyl groups is 1. The molecule has 5 unspecified atom stereocenters. The molecular formula is C11H14O5. The average molecular weight is 226 g/mol. The lowest BCUT2D eigenvalue weighted by atomic mass is 9.85. The number of esters is 1. The smallest absolute Gasteiger partial charge is 0.330 e. The van der Waals surface area contributed by atoms with Crippen molar-refractivity contribution in [2.75, 3.05) is 0 Å². The maximum atomic E-state index is 11.1. The van der Waals surface area contributed by atoms with E-state index in [9.17, 15) is 14.7 Å². The van der Waals surface area contributed by atoms with Crippen molar-refractivity contribution in [1.29, 1.82) is 0 Å². The molecule has 2 bridgehead atoms. The molecule has 5 nitrogen and oxygen atoms in total. The van der Waals surface area contributed by atoms with E-state index in [1.807, 2.05) is 0 Å². The second-order valence-electron chi connectivity index (χ2n) is 4.44. The first-order chi connectivity index (χ1) is 7.54. The Morgan fingerprint density at radius 1 is 1.38 bits per heavy atom. The zero-order valence-corrected chi connectivity index (χ0v) is 8.70. The maximum Gasteiger partial charge on any atom is 0.330 e. The van der Waals surface area contributed by atoms with Gasteiger partial charge in [-0.3, -0.25) is 4.79 Å². The summed E-state index contributed by atoms with van der Waals surface area (Å²) in [5.74, 6) is -2.31. The standard InChI is InChI=1S/C11H14O5/c1-2-8(12)16-10-6-3-5(9(10)13)4-7(6)11(14)15/h2,5-7,9-10,13H,1,3-4H2,(H,14,15). The van der Waals surface area contributed by atoms with Gasteiger partial charge in [0.2, 0.25) is 0 Å². The Morgan fingerprint density at radius 2 is 2.06 bits per heavy atom. The van der Waals surface area contributed by atoms with Gasteiger partial charge in [-0.05, 0) is 18.8 Å². The summed E-state index contributed by atoms with van der Waals surface area (Å²) in [6, 6.07) is 0. The lowest BCUT2D eigenvalue weighted by molar-refractivity contribution is -0.161. The van der Waals surface area contributed by atoms with Gasteiger partial charge in [0.25, 0.3) is 0 Å². The lowest BCUT2D eigenvalue weighted by Gasteiger charge is -2.30. The summed E-state index contributed by atoms with van der Waals surface area (Å²) in [5, 5.41) is 18.8. The van der Waals surface area contributed by atoms with Gasteiger partial charge in [-0.15, -0.1) is 0 Å². The summed E-state index contributed by atoms with van der Waals surface area (Å²) in [6.45, 7) is 3.27. The van der Waals surface area contributed by atoms with E-state index < -0.39 is 30.1 Å². The van der Waals surface area contributed by atoms with E-state index in [1.165, 1.54) is 0 Å². The van der Waals surface area contributed by atoms with Gasteiger partial charge in [0.05, 0.1) is 12.0 Å². The highest BCUT2D eigenvalue weighted by Crippen LogP contribution is 2.49. The summed E-state index contributed by atoms with van der Waals surface area (Å²) in [5.41, 5.74) is 0. The molecule has 0 radical (unpaired) electrons. The van der Waals surface area contributed by atoms with Crippen LogP contribution < -0.4 is 0 Å². The van der Waals surface area contributed by atoms with Crippen molar-refractivity contribution in [1.82, 2.24) is 0 Å². The van der Waals surface area contributed by atoms with Gasteiger partial charge in [-0.25, -0.2) is 4.79 Å². The number of aliphatic hydroxyl groups excluding tert-OH is 1. The molecule has 2 fully saturated rings. The van der Waals surface area contributed by atoms with Gasteiger partial charge in [0.1, 0.15) is 6.10 Å². The van der Waals surface area contributed by atoms with Crippen LogP contribution in [0.25, 0.3) is 0 Å². The summed E-state index contributed by atoms with van der Waals surface area (Å²) in [4.78, 5) is 22.0. The first kappa shape index (κ1) is 11.1. The third kappa shape index (κ3) is 1.61. The minimum Gasteiger partial charge on any atom is -0.481 e. The highest BCUT2D eigenvalue weighted by molar-refractivity contribution is 5.81. The molecule has 0 amide bonds. The highest BCUT2D eigenvalue weighted by Gasteiger charge is 2.56. The van der Waals surface area contributed by atoms with Crippen LogP contribution in [0.2, 0.25) is 0 Å². The molecule has 5 heteroatoms. The van der Waals surface area contributed by atoms with Gasteiger partial charge < -0.3 is 14.9 Å². The van der Waals surface area contributed by atoms with Gasteiger partial charge >= 0.3 is 11.9 Å². The molecule has 16 heavy (non-hydrogen) atoms. The molecule has 0 aromatic carbocycles. The molecule has 0 heterocycles. The summed E-state index contributed by atoms with van der Waals surface area (Å²) >= 11 is 0. The number of hydrogen-bond acceptors (Lipinski definition) is 4. The first-order valence-electron chi connectivity index (χ1n) is 5.28. The molecule has 2 saturated carbocycles. The van der Waals surface area contributed by atoms with Crippen LogP contribution >= 0.6 is 0 Å². The number of rotatable bonds is 3. The third-order valence-electron chi connectivity index (χ3n) is 3.63. The zero-order chi connectivity index (χ0) is 11.9. The monoisotopic (exact) mass is 226 g/mol. The quantitative estimate of drug-likeness (QED) is 0.530. The Labute approximate surface area is 92.7 Å². The number of hydrogen-bond donors (Lipinski definition) is 2. The third-order valence-corrected chi connectivity index (χ3v) is 3.63. The van der Waals surface area contributed by atoms with Gasteiger partial charge in [0.15, 0.2) is 0 Å². The van der Waals surface area contributed by atoms with E-state index in [4.69, 9.17) is 9.84 Å². The van der Waals surface area contributed by atoms with Crippen LogP contribution in [0.15, 0.2) is 12.7 Å². The molecule has 5 atom stereocenters. The van der Waals surface area contributed by atoms with Gasteiger partial charge in [-0.2, -0.15) is 0 Å². The second kappa shape index (κ2) is 3.90. The predicted octanol–water partition coefficient (Wildman–Crippen LogP) is 0.186. The van der Waals surface area contributed by atoms with Crippen LogP contribution in [0.5, 0.6) is 0 Å². The second-order valence-corrected chi connectivity index (χ2v) is 4.44. The van der Waals surface area contributed by atoms with E-state index in [2.05, 4.69) is 6.58 Å². The van der Waals surface area contributed by atoms with Crippen LogP contribution in [0.1, 0.15) is 12.8 Å². The molecule has 2 aliphatic carbocycles. The van der Waals surface area contributed by atoms with E-state index in [1.54, 1.807) is 0 Å².